The zero-order valence-electron chi connectivity index (χ0n) is 15.1. The van der Waals surface area contributed by atoms with Crippen molar-refractivity contribution in [1.29, 1.82) is 0 Å². The minimum atomic E-state index is 0.704. The molecule has 1 saturated heterocycles. The molecule has 2 heterocycles. The Morgan fingerprint density at radius 3 is 2.46 bits per heavy atom. The topological polar surface area (TPSA) is 34.5 Å². The molecule has 0 N–H and O–H groups in total. The fraction of sp³-hybridized carbons (Fsp3) is 0.318. The summed E-state index contributed by atoms with van der Waals surface area (Å²) in [7, 11) is 1.70. The SMILES string of the molecule is COc1ccc2c(c1)cc(-c1ccc(C=O)cc1)n2CCN1CCCC1. The summed E-state index contributed by atoms with van der Waals surface area (Å²) in [6.07, 6.45) is 3.50. The summed E-state index contributed by atoms with van der Waals surface area (Å²) in [5, 5.41) is 1.18. The molecular weight excluding hydrogens is 324 g/mol. The lowest BCUT2D eigenvalue weighted by molar-refractivity contribution is 0.112. The highest BCUT2D eigenvalue weighted by Crippen LogP contribution is 2.31. The predicted molar refractivity (Wildman–Crippen MR) is 105 cm³/mol. The van der Waals surface area contributed by atoms with Gasteiger partial charge in [-0.1, -0.05) is 24.3 Å². The second-order valence-corrected chi connectivity index (χ2v) is 6.89. The number of methoxy groups -OCH3 is 1. The van der Waals surface area contributed by atoms with Gasteiger partial charge in [-0.15, -0.1) is 0 Å². The Bertz CT molecular complexity index is 906. The summed E-state index contributed by atoms with van der Waals surface area (Å²) in [5.41, 5.74) is 4.24. The van der Waals surface area contributed by atoms with Gasteiger partial charge in [-0.25, -0.2) is 0 Å². The number of carbonyl (C=O) groups is 1. The summed E-state index contributed by atoms with van der Waals surface area (Å²) < 4.78 is 7.78. The van der Waals surface area contributed by atoms with Gasteiger partial charge in [0.15, 0.2) is 0 Å². The van der Waals surface area contributed by atoms with E-state index in [0.717, 1.165) is 30.7 Å². The number of hydrogen-bond acceptors (Lipinski definition) is 3. The smallest absolute Gasteiger partial charge is 0.150 e. The summed E-state index contributed by atoms with van der Waals surface area (Å²) in [5.74, 6) is 0.872. The van der Waals surface area contributed by atoms with Gasteiger partial charge in [0.05, 0.1) is 7.11 Å². The maximum absolute atomic E-state index is 11.0. The van der Waals surface area contributed by atoms with Crippen LogP contribution in [-0.4, -0.2) is 42.5 Å². The van der Waals surface area contributed by atoms with E-state index < -0.39 is 0 Å². The Morgan fingerprint density at radius 2 is 1.77 bits per heavy atom. The number of fused-ring (bicyclic) bond motifs is 1. The van der Waals surface area contributed by atoms with Gasteiger partial charge in [0, 0.05) is 35.2 Å². The third kappa shape index (κ3) is 3.25. The molecule has 0 radical (unpaired) electrons. The molecule has 3 aromatic rings. The molecule has 26 heavy (non-hydrogen) atoms. The molecule has 0 amide bonds. The van der Waals surface area contributed by atoms with Crippen molar-refractivity contribution in [2.24, 2.45) is 0 Å². The first-order chi connectivity index (χ1) is 12.8. The molecule has 4 heteroatoms. The maximum Gasteiger partial charge on any atom is 0.150 e. The number of hydrogen-bond donors (Lipinski definition) is 0. The van der Waals surface area contributed by atoms with Crippen molar-refractivity contribution in [2.45, 2.75) is 19.4 Å². The zero-order chi connectivity index (χ0) is 17.9. The fourth-order valence-corrected chi connectivity index (χ4v) is 3.84. The number of carbonyl (C=O) groups excluding carboxylic acids is 1. The lowest BCUT2D eigenvalue weighted by Gasteiger charge is -2.17. The molecule has 0 atom stereocenters. The molecule has 1 aliphatic heterocycles. The Hall–Kier alpha value is -2.59. The lowest BCUT2D eigenvalue weighted by atomic mass is 10.1. The first-order valence-electron chi connectivity index (χ1n) is 9.24. The van der Waals surface area contributed by atoms with Crippen LogP contribution in [0.15, 0.2) is 48.5 Å². The molecule has 0 saturated carbocycles. The van der Waals surface area contributed by atoms with Gasteiger partial charge < -0.3 is 14.2 Å². The first kappa shape index (κ1) is 16.9. The van der Waals surface area contributed by atoms with Crippen LogP contribution in [0.1, 0.15) is 23.2 Å². The largest absolute Gasteiger partial charge is 0.497 e. The number of likely N-dealkylation sites (tertiary alicyclic amines) is 1. The molecule has 1 fully saturated rings. The van der Waals surface area contributed by atoms with Crippen molar-refractivity contribution in [3.8, 4) is 17.0 Å². The molecule has 4 nitrogen and oxygen atoms in total. The van der Waals surface area contributed by atoms with Crippen molar-refractivity contribution in [3.63, 3.8) is 0 Å². The minimum absolute atomic E-state index is 0.704. The number of rotatable bonds is 6. The summed E-state index contributed by atoms with van der Waals surface area (Å²) in [6, 6.07) is 16.3. The summed E-state index contributed by atoms with van der Waals surface area (Å²) >= 11 is 0. The van der Waals surface area contributed by atoms with Crippen LogP contribution in [0.5, 0.6) is 5.75 Å². The van der Waals surface area contributed by atoms with Crippen molar-refractivity contribution in [2.75, 3.05) is 26.7 Å². The zero-order valence-corrected chi connectivity index (χ0v) is 15.1. The highest BCUT2D eigenvalue weighted by molar-refractivity contribution is 5.88. The Labute approximate surface area is 154 Å². The third-order valence-corrected chi connectivity index (χ3v) is 5.29. The van der Waals surface area contributed by atoms with Crippen LogP contribution in [0, 0.1) is 0 Å². The second kappa shape index (κ2) is 7.34. The maximum atomic E-state index is 11.0. The average Bonchev–Trinajstić information content (AvgIpc) is 3.33. The Kier molecular flexibility index (Phi) is 4.76. The Morgan fingerprint density at radius 1 is 1.00 bits per heavy atom. The van der Waals surface area contributed by atoms with E-state index in [2.05, 4.69) is 27.7 Å². The Balaban J connectivity index is 1.74. The molecule has 0 bridgehead atoms. The second-order valence-electron chi connectivity index (χ2n) is 6.89. The average molecular weight is 348 g/mol. The van der Waals surface area contributed by atoms with Gasteiger partial charge in [0.25, 0.3) is 0 Å². The molecular formula is C22H24N2O2. The summed E-state index contributed by atoms with van der Waals surface area (Å²) in [4.78, 5) is 13.5. The van der Waals surface area contributed by atoms with E-state index in [0.29, 0.717) is 5.56 Å². The van der Waals surface area contributed by atoms with Crippen molar-refractivity contribution in [3.05, 3.63) is 54.1 Å². The number of ether oxygens (including phenoxy) is 1. The molecule has 134 valence electrons. The van der Waals surface area contributed by atoms with Crippen LogP contribution in [0.4, 0.5) is 0 Å². The van der Waals surface area contributed by atoms with E-state index >= 15 is 0 Å². The molecule has 4 rings (SSSR count). The van der Waals surface area contributed by atoms with Gasteiger partial charge in [0.1, 0.15) is 12.0 Å². The predicted octanol–water partition coefficient (Wildman–Crippen LogP) is 4.23. The van der Waals surface area contributed by atoms with Gasteiger partial charge in [0.2, 0.25) is 0 Å². The monoisotopic (exact) mass is 348 g/mol. The van der Waals surface area contributed by atoms with Crippen molar-refractivity contribution < 1.29 is 9.53 Å². The summed E-state index contributed by atoms with van der Waals surface area (Å²) in [6.45, 7) is 4.43. The van der Waals surface area contributed by atoms with E-state index in [1.54, 1.807) is 7.11 Å². The molecule has 1 aromatic heterocycles. The van der Waals surface area contributed by atoms with Gasteiger partial charge >= 0.3 is 0 Å². The first-order valence-corrected chi connectivity index (χ1v) is 9.24. The molecule has 0 spiro atoms. The lowest BCUT2D eigenvalue weighted by Crippen LogP contribution is -2.24. The van der Waals surface area contributed by atoms with Gasteiger partial charge in [-0.05, 0) is 55.8 Å². The highest BCUT2D eigenvalue weighted by Gasteiger charge is 2.15. The minimum Gasteiger partial charge on any atom is -0.497 e. The molecule has 2 aromatic carbocycles. The van der Waals surface area contributed by atoms with E-state index in [9.17, 15) is 4.79 Å². The fourth-order valence-electron chi connectivity index (χ4n) is 3.84. The van der Waals surface area contributed by atoms with Crippen LogP contribution in [0.3, 0.4) is 0 Å². The van der Waals surface area contributed by atoms with E-state index in [4.69, 9.17) is 4.74 Å². The van der Waals surface area contributed by atoms with Crippen LogP contribution in [0.25, 0.3) is 22.2 Å². The van der Waals surface area contributed by atoms with Crippen LogP contribution >= 0.6 is 0 Å². The van der Waals surface area contributed by atoms with Crippen LogP contribution in [0.2, 0.25) is 0 Å². The highest BCUT2D eigenvalue weighted by atomic mass is 16.5. The standard InChI is InChI=1S/C22H24N2O2/c1-26-20-8-9-21-19(14-20)15-22(18-6-4-17(16-25)5-7-18)24(21)13-12-23-10-2-3-11-23/h4-9,14-16H,2-3,10-13H2,1H3. The normalized spacial score (nSPS) is 14.8. The quantitative estimate of drug-likeness (QED) is 0.625. The van der Waals surface area contributed by atoms with E-state index in [-0.39, 0.29) is 0 Å². The number of nitrogens with zero attached hydrogens (tertiary/aromatic N) is 2. The van der Waals surface area contributed by atoms with E-state index in [1.807, 2.05) is 30.3 Å². The number of benzene rings is 2. The number of aromatic nitrogens is 1. The third-order valence-electron chi connectivity index (χ3n) is 5.29. The molecule has 0 aliphatic carbocycles. The van der Waals surface area contributed by atoms with Crippen molar-refractivity contribution in [1.82, 2.24) is 9.47 Å². The van der Waals surface area contributed by atoms with E-state index in [1.165, 1.54) is 42.5 Å². The van der Waals surface area contributed by atoms with Crippen LogP contribution < -0.4 is 4.74 Å². The van der Waals surface area contributed by atoms with Gasteiger partial charge in [-0.3, -0.25) is 4.79 Å². The number of aldehydes is 1. The molecule has 1 aliphatic rings. The van der Waals surface area contributed by atoms with Crippen LogP contribution in [-0.2, 0) is 6.54 Å². The van der Waals surface area contributed by atoms with Crippen molar-refractivity contribution >= 4 is 17.2 Å². The molecule has 0 unspecified atom stereocenters. The van der Waals surface area contributed by atoms with Gasteiger partial charge in [-0.2, -0.15) is 0 Å².